The Morgan fingerprint density at radius 2 is 1.89 bits per heavy atom. The maximum Gasteiger partial charge on any atom is 0.266 e. The molecule has 0 bridgehead atoms. The lowest BCUT2D eigenvalue weighted by molar-refractivity contribution is -0.123. The summed E-state index contributed by atoms with van der Waals surface area (Å²) < 4.78 is 28.8. The molecule has 0 radical (unpaired) electrons. The highest BCUT2D eigenvalue weighted by Crippen LogP contribution is 2.26. The van der Waals surface area contributed by atoms with Gasteiger partial charge in [0, 0.05) is 16.5 Å². The number of halogens is 3. The van der Waals surface area contributed by atoms with Crippen LogP contribution in [0.3, 0.4) is 0 Å². The van der Waals surface area contributed by atoms with Crippen molar-refractivity contribution in [1.82, 2.24) is 9.55 Å². The number of rotatable bonds is 4. The van der Waals surface area contributed by atoms with Gasteiger partial charge in [-0.3, -0.25) is 14.2 Å². The minimum Gasteiger partial charge on any atom is -0.298 e. The van der Waals surface area contributed by atoms with E-state index in [1.165, 1.54) is 12.1 Å². The molecule has 4 nitrogen and oxygen atoms in total. The standard InChI is InChI=1S/C20H17ClF2N2O2S/c1-20(2,3)17(26)10-28-19-24-15-6-4-11(21)8-13(15)18(27)25(19)16-7-5-12(22)9-14(16)23/h4-9H,10H2,1-3H3. The van der Waals surface area contributed by atoms with Crippen LogP contribution in [0.5, 0.6) is 0 Å². The van der Waals surface area contributed by atoms with Crippen molar-refractivity contribution < 1.29 is 13.6 Å². The van der Waals surface area contributed by atoms with E-state index in [2.05, 4.69) is 4.98 Å². The number of ketones is 1. The average Bonchev–Trinajstić information content (AvgIpc) is 2.60. The fraction of sp³-hybridized carbons (Fsp3) is 0.250. The number of hydrogen-bond donors (Lipinski definition) is 0. The van der Waals surface area contributed by atoms with E-state index in [0.29, 0.717) is 16.6 Å². The molecule has 0 N–H and O–H groups in total. The van der Waals surface area contributed by atoms with Crippen LogP contribution in [0.15, 0.2) is 46.3 Å². The van der Waals surface area contributed by atoms with E-state index < -0.39 is 22.6 Å². The van der Waals surface area contributed by atoms with E-state index in [1.807, 2.05) is 0 Å². The van der Waals surface area contributed by atoms with Gasteiger partial charge in [-0.25, -0.2) is 13.8 Å². The lowest BCUT2D eigenvalue weighted by Gasteiger charge is -2.17. The monoisotopic (exact) mass is 422 g/mol. The van der Waals surface area contributed by atoms with Gasteiger partial charge in [0.2, 0.25) is 0 Å². The van der Waals surface area contributed by atoms with Gasteiger partial charge in [-0.1, -0.05) is 44.1 Å². The first-order valence-corrected chi connectivity index (χ1v) is 9.78. The molecular weight excluding hydrogens is 406 g/mol. The van der Waals surface area contributed by atoms with Crippen molar-refractivity contribution in [2.75, 3.05) is 5.75 Å². The molecule has 2 aromatic carbocycles. The maximum atomic E-state index is 14.4. The van der Waals surface area contributed by atoms with Crippen molar-refractivity contribution in [2.45, 2.75) is 25.9 Å². The molecule has 0 saturated heterocycles. The number of nitrogens with zero attached hydrogens (tertiary/aromatic N) is 2. The highest BCUT2D eigenvalue weighted by Gasteiger charge is 2.23. The van der Waals surface area contributed by atoms with E-state index in [1.54, 1.807) is 32.9 Å². The third kappa shape index (κ3) is 4.10. The molecule has 146 valence electrons. The first-order valence-electron chi connectivity index (χ1n) is 8.42. The van der Waals surface area contributed by atoms with Crippen LogP contribution in [0.1, 0.15) is 20.8 Å². The Balaban J connectivity index is 2.22. The van der Waals surface area contributed by atoms with Gasteiger partial charge in [0.25, 0.3) is 5.56 Å². The lowest BCUT2D eigenvalue weighted by Crippen LogP contribution is -2.25. The van der Waals surface area contributed by atoms with Crippen LogP contribution in [-0.2, 0) is 4.79 Å². The lowest BCUT2D eigenvalue weighted by atomic mass is 9.92. The highest BCUT2D eigenvalue weighted by atomic mass is 35.5. The molecule has 0 aliphatic carbocycles. The number of fused-ring (bicyclic) bond motifs is 1. The van der Waals surface area contributed by atoms with Gasteiger partial charge in [-0.15, -0.1) is 0 Å². The van der Waals surface area contributed by atoms with Crippen molar-refractivity contribution in [3.8, 4) is 5.69 Å². The number of aromatic nitrogens is 2. The molecule has 0 saturated carbocycles. The number of carbonyl (C=O) groups is 1. The van der Waals surface area contributed by atoms with Crippen molar-refractivity contribution in [3.63, 3.8) is 0 Å². The molecule has 0 atom stereocenters. The van der Waals surface area contributed by atoms with Crippen LogP contribution in [0, 0.1) is 17.0 Å². The first-order chi connectivity index (χ1) is 13.1. The number of thioether (sulfide) groups is 1. The Labute approximate surface area is 169 Å². The summed E-state index contributed by atoms with van der Waals surface area (Å²) in [6, 6.07) is 7.53. The second-order valence-electron chi connectivity index (χ2n) is 7.25. The van der Waals surface area contributed by atoms with Gasteiger partial charge >= 0.3 is 0 Å². The van der Waals surface area contributed by atoms with Crippen LogP contribution in [0.25, 0.3) is 16.6 Å². The molecular formula is C20H17ClF2N2O2S. The largest absolute Gasteiger partial charge is 0.298 e. The first kappa shape index (κ1) is 20.5. The zero-order valence-electron chi connectivity index (χ0n) is 15.4. The molecule has 0 aliphatic heterocycles. The second-order valence-corrected chi connectivity index (χ2v) is 8.63. The molecule has 28 heavy (non-hydrogen) atoms. The number of carbonyl (C=O) groups excluding carboxylic acids is 1. The molecule has 0 aliphatic rings. The summed E-state index contributed by atoms with van der Waals surface area (Å²) in [6.45, 7) is 5.37. The van der Waals surface area contributed by atoms with E-state index in [0.717, 1.165) is 22.4 Å². The Hall–Kier alpha value is -2.25. The van der Waals surface area contributed by atoms with Crippen molar-refractivity contribution in [3.05, 3.63) is 63.4 Å². The summed E-state index contributed by atoms with van der Waals surface area (Å²) in [5, 5.41) is 0.673. The van der Waals surface area contributed by atoms with Crippen LogP contribution in [0.2, 0.25) is 5.02 Å². The molecule has 1 heterocycles. The van der Waals surface area contributed by atoms with Crippen LogP contribution in [0.4, 0.5) is 8.78 Å². The molecule has 0 unspecified atom stereocenters. The summed E-state index contributed by atoms with van der Waals surface area (Å²) >= 11 is 7.02. The third-order valence-electron chi connectivity index (χ3n) is 4.12. The van der Waals surface area contributed by atoms with Crippen LogP contribution < -0.4 is 5.56 Å². The summed E-state index contributed by atoms with van der Waals surface area (Å²) in [4.78, 5) is 29.8. The minimum atomic E-state index is -0.908. The minimum absolute atomic E-state index is 0.0471. The zero-order chi connectivity index (χ0) is 20.6. The summed E-state index contributed by atoms with van der Waals surface area (Å²) in [5.41, 5.74) is -0.891. The van der Waals surface area contributed by atoms with Crippen LogP contribution >= 0.6 is 23.4 Å². The third-order valence-corrected chi connectivity index (χ3v) is 5.29. The molecule has 3 aromatic rings. The smallest absolute Gasteiger partial charge is 0.266 e. The van der Waals surface area contributed by atoms with Crippen LogP contribution in [-0.4, -0.2) is 21.1 Å². The van der Waals surface area contributed by atoms with Gasteiger partial charge in [-0.05, 0) is 30.3 Å². The number of benzene rings is 2. The van der Waals surface area contributed by atoms with E-state index >= 15 is 0 Å². The topological polar surface area (TPSA) is 52.0 Å². The predicted octanol–water partition coefficient (Wildman–Crippen LogP) is 5.02. The van der Waals surface area contributed by atoms with Gasteiger partial charge in [-0.2, -0.15) is 0 Å². The fourth-order valence-electron chi connectivity index (χ4n) is 2.46. The van der Waals surface area contributed by atoms with Crippen molar-refractivity contribution in [1.29, 1.82) is 0 Å². The Morgan fingerprint density at radius 3 is 2.54 bits per heavy atom. The number of Topliss-reactive ketones (excluding diaryl/α,β-unsaturated/α-hetero) is 1. The SMILES string of the molecule is CC(C)(C)C(=O)CSc1nc2ccc(Cl)cc2c(=O)n1-c1ccc(F)cc1F. The van der Waals surface area contributed by atoms with Gasteiger partial charge in [0.15, 0.2) is 5.16 Å². The van der Waals surface area contributed by atoms with Gasteiger partial charge < -0.3 is 0 Å². The average molecular weight is 423 g/mol. The normalized spacial score (nSPS) is 11.8. The van der Waals surface area contributed by atoms with Gasteiger partial charge in [0.1, 0.15) is 17.4 Å². The van der Waals surface area contributed by atoms with E-state index in [9.17, 15) is 18.4 Å². The molecule has 8 heteroatoms. The highest BCUT2D eigenvalue weighted by molar-refractivity contribution is 7.99. The molecule has 1 aromatic heterocycles. The summed E-state index contributed by atoms with van der Waals surface area (Å²) in [6.07, 6.45) is 0. The fourth-order valence-corrected chi connectivity index (χ4v) is 3.79. The van der Waals surface area contributed by atoms with E-state index in [-0.39, 0.29) is 27.8 Å². The van der Waals surface area contributed by atoms with Crippen molar-refractivity contribution >= 4 is 40.0 Å². The summed E-state index contributed by atoms with van der Waals surface area (Å²) in [7, 11) is 0. The maximum absolute atomic E-state index is 14.4. The van der Waals surface area contributed by atoms with E-state index in [4.69, 9.17) is 11.6 Å². The zero-order valence-corrected chi connectivity index (χ0v) is 17.0. The van der Waals surface area contributed by atoms with Crippen molar-refractivity contribution in [2.24, 2.45) is 5.41 Å². The second kappa shape index (κ2) is 7.64. The molecule has 0 fully saturated rings. The predicted molar refractivity (Wildman–Crippen MR) is 107 cm³/mol. The van der Waals surface area contributed by atoms with Gasteiger partial charge in [0.05, 0.1) is 22.3 Å². The number of hydrogen-bond acceptors (Lipinski definition) is 4. The molecule has 0 spiro atoms. The summed E-state index contributed by atoms with van der Waals surface area (Å²) in [5.74, 6) is -1.66. The molecule has 0 amide bonds. The Kier molecular flexibility index (Phi) is 5.59. The molecule has 3 rings (SSSR count). The Bertz CT molecular complexity index is 1140. The quantitative estimate of drug-likeness (QED) is 0.437. The Morgan fingerprint density at radius 1 is 1.18 bits per heavy atom.